The van der Waals surface area contributed by atoms with E-state index in [9.17, 15) is 0 Å². The first-order valence-corrected chi connectivity index (χ1v) is 6.75. The van der Waals surface area contributed by atoms with Crippen molar-refractivity contribution in [2.24, 2.45) is 5.92 Å². The summed E-state index contributed by atoms with van der Waals surface area (Å²) in [6.45, 7) is 7.23. The topological polar surface area (TPSA) is 26.6 Å². The summed E-state index contributed by atoms with van der Waals surface area (Å²) in [5, 5.41) is 4.57. The van der Waals surface area contributed by atoms with Crippen molar-refractivity contribution in [1.29, 1.82) is 0 Å². The summed E-state index contributed by atoms with van der Waals surface area (Å²) in [6.07, 6.45) is 0. The van der Waals surface area contributed by atoms with Crippen molar-refractivity contribution in [3.05, 3.63) is 41.2 Å². The Hall–Kier alpha value is -0.900. The minimum Gasteiger partial charge on any atom is -0.658 e. The van der Waals surface area contributed by atoms with Gasteiger partial charge in [-0.25, -0.2) is 0 Å². The number of hydrogen-bond acceptors (Lipinski definition) is 2. The second-order valence-electron chi connectivity index (χ2n) is 5.00. The van der Waals surface area contributed by atoms with Gasteiger partial charge in [-0.3, -0.25) is 4.90 Å². The summed E-state index contributed by atoms with van der Waals surface area (Å²) in [5.74, 6) is 0.537. The van der Waals surface area contributed by atoms with Crippen LogP contribution in [0.5, 0.6) is 0 Å². The van der Waals surface area contributed by atoms with Crippen LogP contribution in [0.4, 0.5) is 0 Å². The van der Waals surface area contributed by atoms with E-state index in [1.807, 2.05) is 7.05 Å². The maximum Gasteiger partial charge on any atom is 0.0594 e. The summed E-state index contributed by atoms with van der Waals surface area (Å²) in [4.78, 5) is 2.48. The zero-order valence-corrected chi connectivity index (χ0v) is 11.4. The minimum absolute atomic E-state index is 0.300. The molecule has 0 saturated carbocycles. The van der Waals surface area contributed by atoms with Crippen molar-refractivity contribution < 1.29 is 4.74 Å². The van der Waals surface area contributed by atoms with E-state index >= 15 is 0 Å². The third kappa shape index (κ3) is 3.55. The molecule has 0 amide bonds. The fourth-order valence-electron chi connectivity index (χ4n) is 2.67. The number of morpholine rings is 1. The van der Waals surface area contributed by atoms with Gasteiger partial charge in [0, 0.05) is 13.1 Å². The van der Waals surface area contributed by atoms with Crippen LogP contribution in [0.3, 0.4) is 0 Å². The van der Waals surface area contributed by atoms with Gasteiger partial charge >= 0.3 is 0 Å². The zero-order valence-electron chi connectivity index (χ0n) is 11.4. The molecule has 1 aromatic rings. The zero-order chi connectivity index (χ0) is 12.8. The molecule has 0 N–H and O–H groups in total. The summed E-state index contributed by atoms with van der Waals surface area (Å²) >= 11 is 0. The standard InChI is InChI=1S/C15H23N2O/c1-13(12-17-8-10-18-11-9-17)15(16-2)14-6-4-3-5-7-14/h3-7,13,15H,8-12H2,1-2H3/q-1/t13-,15+/m0/s1. The molecule has 1 fully saturated rings. The average Bonchev–Trinajstić information content (AvgIpc) is 2.42. The molecule has 100 valence electrons. The SMILES string of the molecule is C[N-][C@@H](c1ccccc1)[C@@H](C)CN1CCOCC1. The van der Waals surface area contributed by atoms with E-state index in [1.54, 1.807) is 0 Å². The molecule has 0 unspecified atom stereocenters. The monoisotopic (exact) mass is 247 g/mol. The average molecular weight is 247 g/mol. The Morgan fingerprint density at radius 1 is 1.22 bits per heavy atom. The number of hydrogen-bond donors (Lipinski definition) is 0. The third-order valence-electron chi connectivity index (χ3n) is 3.61. The first-order chi connectivity index (χ1) is 8.81. The van der Waals surface area contributed by atoms with E-state index in [1.165, 1.54) is 5.56 Å². The van der Waals surface area contributed by atoms with Crippen LogP contribution in [0.2, 0.25) is 0 Å². The second-order valence-corrected chi connectivity index (χ2v) is 5.00. The lowest BCUT2D eigenvalue weighted by Gasteiger charge is -2.38. The number of nitrogens with zero attached hydrogens (tertiary/aromatic N) is 2. The first kappa shape index (κ1) is 13.5. The molecule has 3 nitrogen and oxygen atoms in total. The highest BCUT2D eigenvalue weighted by Crippen LogP contribution is 2.29. The Morgan fingerprint density at radius 3 is 2.50 bits per heavy atom. The molecule has 18 heavy (non-hydrogen) atoms. The molecule has 2 atom stereocenters. The van der Waals surface area contributed by atoms with E-state index in [-0.39, 0.29) is 0 Å². The van der Waals surface area contributed by atoms with E-state index in [0.29, 0.717) is 12.0 Å². The van der Waals surface area contributed by atoms with Crippen LogP contribution in [-0.4, -0.2) is 44.8 Å². The van der Waals surface area contributed by atoms with Gasteiger partial charge in [-0.05, 0) is 12.5 Å². The lowest BCUT2D eigenvalue weighted by Crippen LogP contribution is -2.39. The van der Waals surface area contributed by atoms with E-state index in [2.05, 4.69) is 47.5 Å². The molecule has 0 spiro atoms. The lowest BCUT2D eigenvalue weighted by molar-refractivity contribution is 0.0307. The molecular weight excluding hydrogens is 224 g/mol. The van der Waals surface area contributed by atoms with Crippen molar-refractivity contribution in [2.45, 2.75) is 13.0 Å². The fraction of sp³-hybridized carbons (Fsp3) is 0.600. The first-order valence-electron chi connectivity index (χ1n) is 6.75. The van der Waals surface area contributed by atoms with Gasteiger partial charge in [-0.2, -0.15) is 7.05 Å². The largest absolute Gasteiger partial charge is 0.658 e. The molecule has 0 radical (unpaired) electrons. The van der Waals surface area contributed by atoms with Crippen molar-refractivity contribution >= 4 is 0 Å². The normalized spacial score (nSPS) is 20.6. The second kappa shape index (κ2) is 6.88. The third-order valence-corrected chi connectivity index (χ3v) is 3.61. The molecule has 0 bridgehead atoms. The predicted octanol–water partition coefficient (Wildman–Crippen LogP) is 2.70. The quantitative estimate of drug-likeness (QED) is 0.799. The Balaban J connectivity index is 1.94. The van der Waals surface area contributed by atoms with Crippen molar-refractivity contribution in [2.75, 3.05) is 39.9 Å². The van der Waals surface area contributed by atoms with Gasteiger partial charge in [0.25, 0.3) is 0 Å². The number of ether oxygens (including phenoxy) is 1. The molecule has 2 rings (SSSR count). The highest BCUT2D eigenvalue weighted by molar-refractivity contribution is 5.23. The van der Waals surface area contributed by atoms with Crippen LogP contribution >= 0.6 is 0 Å². The summed E-state index contributed by atoms with van der Waals surface area (Å²) < 4.78 is 5.39. The van der Waals surface area contributed by atoms with Crippen LogP contribution in [0, 0.1) is 5.92 Å². The van der Waals surface area contributed by atoms with Gasteiger partial charge in [0.1, 0.15) is 0 Å². The summed E-state index contributed by atoms with van der Waals surface area (Å²) in [7, 11) is 1.92. The highest BCUT2D eigenvalue weighted by atomic mass is 16.5. The van der Waals surface area contributed by atoms with Gasteiger partial charge in [0.2, 0.25) is 0 Å². The summed E-state index contributed by atoms with van der Waals surface area (Å²) in [6, 6.07) is 10.9. The van der Waals surface area contributed by atoms with Crippen molar-refractivity contribution in [3.8, 4) is 0 Å². The molecule has 1 aliphatic rings. The molecule has 1 heterocycles. The van der Waals surface area contributed by atoms with Gasteiger partial charge in [-0.1, -0.05) is 42.8 Å². The molecule has 3 heteroatoms. The van der Waals surface area contributed by atoms with Crippen LogP contribution in [0.15, 0.2) is 30.3 Å². The molecular formula is C15H23N2O-. The lowest BCUT2D eigenvalue weighted by atomic mass is 9.94. The van der Waals surface area contributed by atoms with Gasteiger partial charge in [-0.15, -0.1) is 6.04 Å². The van der Waals surface area contributed by atoms with Crippen LogP contribution in [0.1, 0.15) is 18.5 Å². The van der Waals surface area contributed by atoms with E-state index in [0.717, 1.165) is 32.8 Å². The van der Waals surface area contributed by atoms with Gasteiger partial charge in [0.15, 0.2) is 0 Å². The van der Waals surface area contributed by atoms with E-state index < -0.39 is 0 Å². The smallest absolute Gasteiger partial charge is 0.0594 e. The highest BCUT2D eigenvalue weighted by Gasteiger charge is 2.16. The van der Waals surface area contributed by atoms with Crippen LogP contribution in [-0.2, 0) is 4.74 Å². The molecule has 0 aromatic heterocycles. The molecule has 1 aromatic carbocycles. The Kier molecular flexibility index (Phi) is 5.17. The van der Waals surface area contributed by atoms with Gasteiger partial charge in [0.05, 0.1) is 13.2 Å². The molecule has 1 aliphatic heterocycles. The maximum absolute atomic E-state index is 5.39. The predicted molar refractivity (Wildman–Crippen MR) is 74.9 cm³/mol. The molecule has 0 aliphatic carbocycles. The number of rotatable bonds is 5. The Labute approximate surface area is 110 Å². The maximum atomic E-state index is 5.39. The minimum atomic E-state index is 0.300. The number of benzene rings is 1. The van der Waals surface area contributed by atoms with E-state index in [4.69, 9.17) is 4.74 Å². The van der Waals surface area contributed by atoms with Crippen molar-refractivity contribution in [3.63, 3.8) is 0 Å². The van der Waals surface area contributed by atoms with Crippen LogP contribution < -0.4 is 0 Å². The molecule has 1 saturated heterocycles. The Morgan fingerprint density at radius 2 is 1.89 bits per heavy atom. The fourth-order valence-corrected chi connectivity index (χ4v) is 2.67. The van der Waals surface area contributed by atoms with Crippen LogP contribution in [0.25, 0.3) is 5.32 Å². The van der Waals surface area contributed by atoms with Gasteiger partial charge < -0.3 is 10.1 Å². The van der Waals surface area contributed by atoms with Crippen molar-refractivity contribution in [1.82, 2.24) is 4.90 Å². The Bertz CT molecular complexity index is 336. The summed E-state index contributed by atoms with van der Waals surface area (Å²) in [5.41, 5.74) is 1.32.